The van der Waals surface area contributed by atoms with E-state index in [9.17, 15) is 26.9 Å². The molecule has 194 valence electrons. The Hall–Kier alpha value is -3.33. The van der Waals surface area contributed by atoms with Gasteiger partial charge in [-0.05, 0) is 29.8 Å². The second-order valence-electron chi connectivity index (χ2n) is 8.74. The van der Waals surface area contributed by atoms with Crippen LogP contribution in [0.5, 0.6) is 0 Å². The maximum absolute atomic E-state index is 13.8. The molecule has 0 aliphatic carbocycles. The fourth-order valence-corrected chi connectivity index (χ4v) is 9.27. The lowest BCUT2D eigenvalue weighted by Crippen LogP contribution is -2.40. The number of sulfone groups is 1. The van der Waals surface area contributed by atoms with Gasteiger partial charge in [0, 0.05) is 37.3 Å². The van der Waals surface area contributed by atoms with Gasteiger partial charge in [-0.2, -0.15) is 4.31 Å². The van der Waals surface area contributed by atoms with Crippen molar-refractivity contribution in [3.63, 3.8) is 0 Å². The lowest BCUT2D eigenvalue weighted by atomic mass is 10.2. The van der Waals surface area contributed by atoms with Crippen LogP contribution >= 0.6 is 11.6 Å². The molecule has 2 atom stereocenters. The first-order valence-corrected chi connectivity index (χ1v) is 14.6. The number of hydrogen-bond donors (Lipinski definition) is 1. The van der Waals surface area contributed by atoms with Crippen LogP contribution in [0.4, 0.5) is 17.3 Å². The summed E-state index contributed by atoms with van der Waals surface area (Å²) in [6.07, 6.45) is 1.29. The van der Waals surface area contributed by atoms with E-state index in [-0.39, 0.29) is 34.3 Å². The van der Waals surface area contributed by atoms with E-state index in [1.807, 2.05) is 12.1 Å². The van der Waals surface area contributed by atoms with Gasteiger partial charge < -0.3 is 10.2 Å². The van der Waals surface area contributed by atoms with Gasteiger partial charge >= 0.3 is 0 Å². The average Bonchev–Trinajstić information content (AvgIpc) is 3.01. The fourth-order valence-electron chi connectivity index (χ4n) is 4.63. The standard InChI is InChI=1S/C22H21ClN6O6S2/c1-27(11-14-2-4-15(23)5-3-14)21-19-20(25-13-26-21)24-10-17-12-36(32,33)22(19)28(17)37(34,35)18-8-6-16(7-9-18)29(30)31/h2-9,13,17,22H,10-12H2,1H3,(H,24,25,26)/t17-,22-/m0/s1. The molecule has 15 heteroatoms. The molecule has 0 saturated carbocycles. The molecule has 12 nitrogen and oxygen atoms in total. The Morgan fingerprint density at radius 3 is 2.49 bits per heavy atom. The first kappa shape index (κ1) is 25.3. The molecule has 2 aliphatic rings. The van der Waals surface area contributed by atoms with E-state index in [0.29, 0.717) is 11.6 Å². The summed E-state index contributed by atoms with van der Waals surface area (Å²) in [6.45, 7) is 0.345. The minimum Gasteiger partial charge on any atom is -0.368 e. The first-order valence-electron chi connectivity index (χ1n) is 11.0. The van der Waals surface area contributed by atoms with E-state index in [4.69, 9.17) is 11.6 Å². The maximum Gasteiger partial charge on any atom is 0.269 e. The number of nitrogens with one attached hydrogen (secondary N) is 1. The van der Waals surface area contributed by atoms with Gasteiger partial charge in [0.25, 0.3) is 5.69 Å². The van der Waals surface area contributed by atoms with Crippen molar-refractivity contribution in [1.82, 2.24) is 14.3 Å². The number of nitro groups is 1. The number of aromatic nitrogens is 2. The summed E-state index contributed by atoms with van der Waals surface area (Å²) < 4.78 is 55.4. The number of rotatable bonds is 6. The van der Waals surface area contributed by atoms with Gasteiger partial charge in [0.2, 0.25) is 10.0 Å². The average molecular weight is 565 g/mol. The smallest absolute Gasteiger partial charge is 0.269 e. The quantitative estimate of drug-likeness (QED) is 0.348. The van der Waals surface area contributed by atoms with Gasteiger partial charge in [-0.15, -0.1) is 0 Å². The molecule has 1 fully saturated rings. The van der Waals surface area contributed by atoms with Crippen LogP contribution in [0, 0.1) is 10.1 Å². The van der Waals surface area contributed by atoms with Gasteiger partial charge in [0.1, 0.15) is 18.0 Å². The van der Waals surface area contributed by atoms with Gasteiger partial charge in [0.15, 0.2) is 15.2 Å². The minimum atomic E-state index is -4.38. The monoisotopic (exact) mass is 564 g/mol. The van der Waals surface area contributed by atoms with Crippen LogP contribution in [-0.4, -0.2) is 61.4 Å². The summed E-state index contributed by atoms with van der Waals surface area (Å²) >= 11 is 5.98. The van der Waals surface area contributed by atoms with Crippen molar-refractivity contribution < 1.29 is 21.8 Å². The second-order valence-corrected chi connectivity index (χ2v) is 13.1. The molecular formula is C22H21ClN6O6S2. The van der Waals surface area contributed by atoms with Crippen molar-refractivity contribution in [2.75, 3.05) is 29.6 Å². The summed E-state index contributed by atoms with van der Waals surface area (Å²) in [6, 6.07) is 10.5. The van der Waals surface area contributed by atoms with E-state index < -0.39 is 42.0 Å². The van der Waals surface area contributed by atoms with Crippen LogP contribution in [0.15, 0.2) is 59.8 Å². The Balaban J connectivity index is 1.61. The number of hydrogen-bond acceptors (Lipinski definition) is 10. The summed E-state index contributed by atoms with van der Waals surface area (Å²) in [5, 5.41) is 13.1. The van der Waals surface area contributed by atoms with Crippen molar-refractivity contribution in [1.29, 1.82) is 0 Å². The molecule has 5 rings (SSSR count). The number of benzene rings is 2. The Morgan fingerprint density at radius 2 is 1.84 bits per heavy atom. The summed E-state index contributed by atoms with van der Waals surface area (Å²) in [5.74, 6) is 0.0889. The van der Waals surface area contributed by atoms with E-state index in [0.717, 1.165) is 34.1 Å². The van der Waals surface area contributed by atoms with Crippen LogP contribution in [-0.2, 0) is 26.4 Å². The number of fused-ring (bicyclic) bond motifs is 4. The summed E-state index contributed by atoms with van der Waals surface area (Å²) in [7, 11) is -6.64. The highest BCUT2D eigenvalue weighted by Crippen LogP contribution is 2.47. The summed E-state index contributed by atoms with van der Waals surface area (Å²) in [4.78, 5) is 20.4. The zero-order valence-electron chi connectivity index (χ0n) is 19.4. The summed E-state index contributed by atoms with van der Waals surface area (Å²) in [5.41, 5.74) is 0.727. The third-order valence-corrected chi connectivity index (χ3v) is 10.6. The Labute approximate surface area is 218 Å². The van der Waals surface area contributed by atoms with E-state index >= 15 is 0 Å². The first-order chi connectivity index (χ1) is 17.5. The number of sulfonamides is 1. The Kier molecular flexibility index (Phi) is 6.30. The highest BCUT2D eigenvalue weighted by Gasteiger charge is 2.55. The Morgan fingerprint density at radius 1 is 1.16 bits per heavy atom. The fraction of sp³-hybridized carbons (Fsp3) is 0.273. The Bertz CT molecular complexity index is 1580. The number of anilines is 2. The predicted octanol–water partition coefficient (Wildman–Crippen LogP) is 2.59. The molecule has 37 heavy (non-hydrogen) atoms. The molecule has 2 bridgehead atoms. The van der Waals surface area contributed by atoms with Crippen molar-refractivity contribution in [2.24, 2.45) is 0 Å². The highest BCUT2D eigenvalue weighted by atomic mass is 35.5. The number of nitro benzene ring substituents is 1. The van der Waals surface area contributed by atoms with Crippen LogP contribution in [0.1, 0.15) is 16.5 Å². The normalized spacial score (nSPS) is 20.5. The molecule has 2 aromatic carbocycles. The zero-order chi connectivity index (χ0) is 26.5. The number of nitrogens with zero attached hydrogens (tertiary/aromatic N) is 5. The van der Waals surface area contributed by atoms with Gasteiger partial charge in [-0.1, -0.05) is 23.7 Å². The van der Waals surface area contributed by atoms with Crippen LogP contribution in [0.3, 0.4) is 0 Å². The second kappa shape index (κ2) is 9.20. The lowest BCUT2D eigenvalue weighted by Gasteiger charge is -2.28. The van der Waals surface area contributed by atoms with Crippen molar-refractivity contribution in [3.05, 3.63) is 81.1 Å². The lowest BCUT2D eigenvalue weighted by molar-refractivity contribution is -0.384. The molecule has 1 aromatic heterocycles. The van der Waals surface area contributed by atoms with Crippen molar-refractivity contribution >= 4 is 48.8 Å². The van der Waals surface area contributed by atoms with Crippen LogP contribution in [0.25, 0.3) is 0 Å². The van der Waals surface area contributed by atoms with Crippen LogP contribution < -0.4 is 10.2 Å². The molecule has 1 saturated heterocycles. The van der Waals surface area contributed by atoms with Crippen molar-refractivity contribution in [2.45, 2.75) is 22.9 Å². The molecule has 0 unspecified atom stereocenters. The minimum absolute atomic E-state index is 0.00624. The number of non-ortho nitro benzene ring substituents is 1. The molecule has 0 radical (unpaired) electrons. The van der Waals surface area contributed by atoms with Crippen molar-refractivity contribution in [3.8, 4) is 0 Å². The van der Waals surface area contributed by atoms with Gasteiger partial charge in [0.05, 0.1) is 27.2 Å². The zero-order valence-corrected chi connectivity index (χ0v) is 21.7. The largest absolute Gasteiger partial charge is 0.368 e. The van der Waals surface area contributed by atoms with E-state index in [1.165, 1.54) is 6.33 Å². The van der Waals surface area contributed by atoms with Crippen LogP contribution in [0.2, 0.25) is 5.02 Å². The molecule has 1 N–H and O–H groups in total. The highest BCUT2D eigenvalue weighted by molar-refractivity contribution is 7.94. The SMILES string of the molecule is CN(Cc1ccc(Cl)cc1)c1ncnc2c1[C@H]1N(S(=O)(=O)c3ccc([N+](=O)[O-])cc3)[C@@H](CN2)CS1(=O)=O. The van der Waals surface area contributed by atoms with E-state index in [2.05, 4.69) is 15.3 Å². The third kappa shape index (κ3) is 4.50. The molecule has 3 aromatic rings. The maximum atomic E-state index is 13.8. The predicted molar refractivity (Wildman–Crippen MR) is 137 cm³/mol. The molecule has 0 spiro atoms. The van der Waals surface area contributed by atoms with Gasteiger partial charge in [-0.25, -0.2) is 26.8 Å². The van der Waals surface area contributed by atoms with E-state index in [1.54, 1.807) is 24.1 Å². The molecular weight excluding hydrogens is 544 g/mol. The topological polar surface area (TPSA) is 156 Å². The molecule has 3 heterocycles. The molecule has 0 amide bonds. The molecule has 2 aliphatic heterocycles. The third-order valence-electron chi connectivity index (χ3n) is 6.29. The number of halogens is 1. The van der Waals surface area contributed by atoms with Gasteiger partial charge in [-0.3, -0.25) is 10.1 Å².